The van der Waals surface area contributed by atoms with Crippen molar-refractivity contribution in [3.05, 3.63) is 39.7 Å². The largest absolute Gasteiger partial charge is 0.494 e. The van der Waals surface area contributed by atoms with Crippen LogP contribution >= 0.6 is 11.3 Å². The van der Waals surface area contributed by atoms with Gasteiger partial charge in [0.15, 0.2) is 5.13 Å². The summed E-state index contributed by atoms with van der Waals surface area (Å²) in [6.45, 7) is 2.97. The van der Waals surface area contributed by atoms with Crippen LogP contribution in [0, 0.1) is 24.0 Å². The SMILES string of the molecule is COc1cccc2sc(NC(=O)Cn3nc(C)c([N+](=O)[O-])c3C)nc12. The van der Waals surface area contributed by atoms with E-state index in [1.165, 1.54) is 16.0 Å². The summed E-state index contributed by atoms with van der Waals surface area (Å²) in [5.41, 5.74) is 1.22. The van der Waals surface area contributed by atoms with Gasteiger partial charge in [-0.05, 0) is 26.0 Å². The molecule has 0 unspecified atom stereocenters. The van der Waals surface area contributed by atoms with Crippen molar-refractivity contribution in [1.29, 1.82) is 0 Å². The lowest BCUT2D eigenvalue weighted by molar-refractivity contribution is -0.386. The summed E-state index contributed by atoms with van der Waals surface area (Å²) in [6, 6.07) is 5.53. The molecule has 0 bridgehead atoms. The Morgan fingerprint density at radius 1 is 1.44 bits per heavy atom. The molecule has 0 aliphatic carbocycles. The molecule has 2 heterocycles. The number of hydrogen-bond acceptors (Lipinski definition) is 7. The number of rotatable bonds is 5. The lowest BCUT2D eigenvalue weighted by Gasteiger charge is -2.03. The van der Waals surface area contributed by atoms with Crippen LogP contribution in [0.4, 0.5) is 10.8 Å². The molecule has 0 aliphatic heterocycles. The molecule has 0 aliphatic rings. The number of ether oxygens (including phenoxy) is 1. The van der Waals surface area contributed by atoms with Crippen molar-refractivity contribution in [2.45, 2.75) is 20.4 Å². The standard InChI is InChI=1S/C15H15N5O4S/c1-8-14(20(22)23)9(2)19(18-8)7-12(21)16-15-17-13-10(24-3)5-4-6-11(13)25-15/h4-6H,7H2,1-3H3,(H,16,17,21). The van der Waals surface area contributed by atoms with Crippen LogP contribution in [0.15, 0.2) is 18.2 Å². The number of hydrogen-bond donors (Lipinski definition) is 1. The highest BCUT2D eigenvalue weighted by Crippen LogP contribution is 2.32. The zero-order valence-electron chi connectivity index (χ0n) is 13.8. The van der Waals surface area contributed by atoms with E-state index in [0.717, 1.165) is 4.70 Å². The van der Waals surface area contributed by atoms with E-state index in [0.29, 0.717) is 22.1 Å². The Kier molecular flexibility index (Phi) is 4.36. The minimum atomic E-state index is -0.494. The topological polar surface area (TPSA) is 112 Å². The van der Waals surface area contributed by atoms with E-state index in [4.69, 9.17) is 4.74 Å². The minimum absolute atomic E-state index is 0.0717. The molecule has 9 nitrogen and oxygen atoms in total. The van der Waals surface area contributed by atoms with E-state index < -0.39 is 4.92 Å². The first kappa shape index (κ1) is 16.8. The monoisotopic (exact) mass is 361 g/mol. The van der Waals surface area contributed by atoms with Crippen LogP contribution in [-0.4, -0.2) is 32.7 Å². The summed E-state index contributed by atoms with van der Waals surface area (Å²) >= 11 is 1.32. The van der Waals surface area contributed by atoms with Crippen molar-refractivity contribution in [1.82, 2.24) is 14.8 Å². The Labute approximate surface area is 146 Å². The highest BCUT2D eigenvalue weighted by atomic mass is 32.1. The zero-order chi connectivity index (χ0) is 18.1. The van der Waals surface area contributed by atoms with Gasteiger partial charge in [-0.3, -0.25) is 19.6 Å². The van der Waals surface area contributed by atoms with Crippen molar-refractivity contribution in [3.8, 4) is 5.75 Å². The Morgan fingerprint density at radius 3 is 2.84 bits per heavy atom. The number of carbonyl (C=O) groups is 1. The van der Waals surface area contributed by atoms with Gasteiger partial charge in [0.1, 0.15) is 29.2 Å². The number of thiazole rings is 1. The predicted octanol–water partition coefficient (Wildman–Crippen LogP) is 2.67. The molecular weight excluding hydrogens is 346 g/mol. The van der Waals surface area contributed by atoms with Crippen molar-refractivity contribution < 1.29 is 14.5 Å². The molecule has 3 aromatic rings. The number of anilines is 1. The molecule has 0 radical (unpaired) electrons. The molecular formula is C15H15N5O4S. The van der Waals surface area contributed by atoms with Gasteiger partial charge in [0, 0.05) is 0 Å². The van der Waals surface area contributed by atoms with Crippen molar-refractivity contribution >= 4 is 38.3 Å². The number of aryl methyl sites for hydroxylation is 1. The molecule has 0 atom stereocenters. The number of methoxy groups -OCH3 is 1. The summed E-state index contributed by atoms with van der Waals surface area (Å²) in [5.74, 6) is 0.266. The van der Waals surface area contributed by atoms with E-state index in [9.17, 15) is 14.9 Å². The summed E-state index contributed by atoms with van der Waals surface area (Å²) < 4.78 is 7.45. The number of aromatic nitrogens is 3. The minimum Gasteiger partial charge on any atom is -0.494 e. The number of nitrogens with one attached hydrogen (secondary N) is 1. The van der Waals surface area contributed by atoms with E-state index in [1.54, 1.807) is 27.0 Å². The van der Waals surface area contributed by atoms with Gasteiger partial charge in [-0.25, -0.2) is 4.98 Å². The van der Waals surface area contributed by atoms with E-state index in [2.05, 4.69) is 15.4 Å². The van der Waals surface area contributed by atoms with Crippen LogP contribution < -0.4 is 10.1 Å². The summed E-state index contributed by atoms with van der Waals surface area (Å²) in [6.07, 6.45) is 0. The first-order valence-electron chi connectivity index (χ1n) is 7.32. The van der Waals surface area contributed by atoms with Crippen LogP contribution in [0.25, 0.3) is 10.2 Å². The number of benzene rings is 1. The molecule has 0 spiro atoms. The number of amides is 1. The van der Waals surface area contributed by atoms with Gasteiger partial charge in [0.25, 0.3) is 0 Å². The molecule has 0 saturated carbocycles. The van der Waals surface area contributed by atoms with Crippen LogP contribution in [0.1, 0.15) is 11.4 Å². The highest BCUT2D eigenvalue weighted by Gasteiger charge is 2.23. The molecule has 10 heteroatoms. The second-order valence-electron chi connectivity index (χ2n) is 5.31. The first-order chi connectivity index (χ1) is 11.9. The second-order valence-corrected chi connectivity index (χ2v) is 6.34. The highest BCUT2D eigenvalue weighted by molar-refractivity contribution is 7.22. The van der Waals surface area contributed by atoms with Gasteiger partial charge in [0.2, 0.25) is 5.91 Å². The van der Waals surface area contributed by atoms with Gasteiger partial charge >= 0.3 is 5.69 Å². The smallest absolute Gasteiger partial charge is 0.312 e. The van der Waals surface area contributed by atoms with E-state index in [-0.39, 0.29) is 23.8 Å². The average molecular weight is 361 g/mol. The second kappa shape index (κ2) is 6.48. The van der Waals surface area contributed by atoms with Crippen molar-refractivity contribution in [2.75, 3.05) is 12.4 Å². The molecule has 0 saturated heterocycles. The summed E-state index contributed by atoms with van der Waals surface area (Å²) in [7, 11) is 1.56. The lowest BCUT2D eigenvalue weighted by atomic mass is 10.3. The third-order valence-corrected chi connectivity index (χ3v) is 4.60. The Hall–Kier alpha value is -3.01. The van der Waals surface area contributed by atoms with Gasteiger partial charge in [0.05, 0.1) is 16.7 Å². The number of carbonyl (C=O) groups excluding carboxylic acids is 1. The number of nitro groups is 1. The van der Waals surface area contributed by atoms with Gasteiger partial charge in [-0.15, -0.1) is 0 Å². The molecule has 2 aromatic heterocycles. The summed E-state index contributed by atoms with van der Waals surface area (Å²) in [5, 5.41) is 18.2. The number of nitrogens with zero attached hydrogens (tertiary/aromatic N) is 4. The maximum absolute atomic E-state index is 12.2. The van der Waals surface area contributed by atoms with Crippen LogP contribution in [0.2, 0.25) is 0 Å². The molecule has 3 rings (SSSR count). The van der Waals surface area contributed by atoms with Gasteiger partial charge < -0.3 is 10.1 Å². The Balaban J connectivity index is 1.79. The zero-order valence-corrected chi connectivity index (χ0v) is 14.6. The Morgan fingerprint density at radius 2 is 2.20 bits per heavy atom. The fraction of sp³-hybridized carbons (Fsp3) is 0.267. The normalized spacial score (nSPS) is 10.8. The lowest BCUT2D eigenvalue weighted by Crippen LogP contribution is -2.20. The van der Waals surface area contributed by atoms with Gasteiger partial charge in [-0.1, -0.05) is 17.4 Å². The third-order valence-electron chi connectivity index (χ3n) is 3.67. The fourth-order valence-electron chi connectivity index (χ4n) is 2.54. The molecule has 130 valence electrons. The van der Waals surface area contributed by atoms with Gasteiger partial charge in [-0.2, -0.15) is 5.10 Å². The number of para-hydroxylation sites is 1. The Bertz CT molecular complexity index is 978. The predicted molar refractivity (Wildman–Crippen MR) is 93.2 cm³/mol. The quantitative estimate of drug-likeness (QED) is 0.552. The maximum atomic E-state index is 12.2. The first-order valence-corrected chi connectivity index (χ1v) is 8.14. The third kappa shape index (κ3) is 3.15. The number of fused-ring (bicyclic) bond motifs is 1. The van der Waals surface area contributed by atoms with Crippen LogP contribution in [-0.2, 0) is 11.3 Å². The molecule has 1 aromatic carbocycles. The average Bonchev–Trinajstić information content (AvgIpc) is 3.07. The van der Waals surface area contributed by atoms with Crippen molar-refractivity contribution in [2.24, 2.45) is 0 Å². The van der Waals surface area contributed by atoms with E-state index in [1.807, 2.05) is 12.1 Å². The molecule has 0 fully saturated rings. The van der Waals surface area contributed by atoms with E-state index >= 15 is 0 Å². The summed E-state index contributed by atoms with van der Waals surface area (Å²) in [4.78, 5) is 27.1. The fourth-order valence-corrected chi connectivity index (χ4v) is 3.44. The van der Waals surface area contributed by atoms with Crippen molar-refractivity contribution in [3.63, 3.8) is 0 Å². The molecule has 25 heavy (non-hydrogen) atoms. The molecule has 1 amide bonds. The van der Waals surface area contributed by atoms with Crippen LogP contribution in [0.5, 0.6) is 5.75 Å². The van der Waals surface area contributed by atoms with Crippen LogP contribution in [0.3, 0.4) is 0 Å². The maximum Gasteiger partial charge on any atom is 0.312 e. The molecule has 1 N–H and O–H groups in total.